The monoisotopic (exact) mass is 288 g/mol. The zero-order chi connectivity index (χ0) is 14.4. The second kappa shape index (κ2) is 4.55. The second-order valence-corrected chi connectivity index (χ2v) is 5.02. The fourth-order valence-electron chi connectivity index (χ4n) is 2.98. The number of ether oxygens (including phenoxy) is 2. The Morgan fingerprint density at radius 2 is 2.14 bits per heavy atom. The largest absolute Gasteiger partial charge is 0.382 e. The number of aromatic nitrogens is 4. The van der Waals surface area contributed by atoms with Crippen LogP contribution >= 0.6 is 0 Å². The highest BCUT2D eigenvalue weighted by Gasteiger charge is 2.48. The van der Waals surface area contributed by atoms with Crippen molar-refractivity contribution in [3.63, 3.8) is 0 Å². The quantitative estimate of drug-likeness (QED) is 0.483. The van der Waals surface area contributed by atoms with Gasteiger partial charge in [0, 0.05) is 4.91 Å². The Morgan fingerprint density at radius 1 is 1.29 bits per heavy atom. The Kier molecular flexibility index (Phi) is 2.67. The summed E-state index contributed by atoms with van der Waals surface area (Å²) in [5.41, 5.74) is 15.6. The highest BCUT2D eigenvalue weighted by Crippen LogP contribution is 2.36. The molecule has 0 aromatic carbocycles. The molecule has 2 N–H and O–H groups in total. The molecule has 0 radical (unpaired) electrons. The highest BCUT2D eigenvalue weighted by molar-refractivity contribution is 5.81. The Morgan fingerprint density at radius 3 is 3.00 bits per heavy atom. The first-order valence-corrected chi connectivity index (χ1v) is 6.50. The first-order chi connectivity index (χ1) is 10.3. The predicted molar refractivity (Wildman–Crippen MR) is 71.2 cm³/mol. The Bertz CT molecular complexity index is 739. The topological polar surface area (TPSA) is 137 Å². The normalized spacial score (nSPS) is 31.2. The van der Waals surface area contributed by atoms with Gasteiger partial charge < -0.3 is 19.8 Å². The molecular formula is C11H12N8O2. The third kappa shape index (κ3) is 1.74. The first kappa shape index (κ1) is 12.3. The third-order valence-corrected chi connectivity index (χ3v) is 3.95. The number of imidazole rings is 1. The van der Waals surface area contributed by atoms with Crippen molar-refractivity contribution in [3.8, 4) is 0 Å². The number of nitrogen functional groups attached to an aromatic ring is 1. The zero-order valence-electron chi connectivity index (χ0n) is 10.9. The Balaban J connectivity index is 1.71. The van der Waals surface area contributed by atoms with Crippen LogP contribution in [0.1, 0.15) is 6.04 Å². The van der Waals surface area contributed by atoms with E-state index in [-0.39, 0.29) is 24.3 Å². The van der Waals surface area contributed by atoms with Crippen molar-refractivity contribution < 1.29 is 9.47 Å². The molecule has 10 nitrogen and oxygen atoms in total. The lowest BCUT2D eigenvalue weighted by molar-refractivity contribution is 0.0646. The van der Waals surface area contributed by atoms with Crippen molar-refractivity contribution in [2.45, 2.75) is 24.3 Å². The lowest BCUT2D eigenvalue weighted by atomic mass is 10.1. The minimum absolute atomic E-state index is 0.0757. The summed E-state index contributed by atoms with van der Waals surface area (Å²) in [5, 5.41) is 3.72. The summed E-state index contributed by atoms with van der Waals surface area (Å²) in [5.74, 6) is 0.341. The summed E-state index contributed by atoms with van der Waals surface area (Å²) in [6.45, 7) is 0.807. The van der Waals surface area contributed by atoms with Crippen LogP contribution < -0.4 is 5.73 Å². The van der Waals surface area contributed by atoms with Gasteiger partial charge in [-0.2, -0.15) is 0 Å². The predicted octanol–water partition coefficient (Wildman–Crippen LogP) is 0.426. The van der Waals surface area contributed by atoms with Crippen molar-refractivity contribution in [2.75, 3.05) is 18.9 Å². The third-order valence-electron chi connectivity index (χ3n) is 3.95. The fraction of sp³-hybridized carbons (Fsp3) is 0.545. The molecule has 4 atom stereocenters. The van der Waals surface area contributed by atoms with Gasteiger partial charge in [-0.15, -0.1) is 0 Å². The maximum Gasteiger partial charge on any atom is 0.165 e. The SMILES string of the molecule is [N-]=[N+]=NC1COC2C1OCC2n1cnc2c(N)ncnc21. The molecule has 10 heteroatoms. The Labute approximate surface area is 118 Å². The molecule has 0 saturated carbocycles. The van der Waals surface area contributed by atoms with Gasteiger partial charge in [0.1, 0.15) is 17.9 Å². The molecule has 4 heterocycles. The van der Waals surface area contributed by atoms with Crippen LogP contribution in [0.3, 0.4) is 0 Å². The van der Waals surface area contributed by atoms with Gasteiger partial charge >= 0.3 is 0 Å². The number of azide groups is 1. The molecule has 108 valence electrons. The van der Waals surface area contributed by atoms with Crippen LogP contribution in [0.25, 0.3) is 21.6 Å². The van der Waals surface area contributed by atoms with E-state index >= 15 is 0 Å². The number of hydrogen-bond donors (Lipinski definition) is 1. The minimum atomic E-state index is -0.292. The number of hydrogen-bond acceptors (Lipinski definition) is 7. The molecule has 4 rings (SSSR count). The molecule has 0 bridgehead atoms. The van der Waals surface area contributed by atoms with Crippen LogP contribution in [0.4, 0.5) is 5.82 Å². The van der Waals surface area contributed by atoms with E-state index in [9.17, 15) is 0 Å². The average molecular weight is 288 g/mol. The summed E-state index contributed by atoms with van der Waals surface area (Å²) >= 11 is 0. The van der Waals surface area contributed by atoms with Crippen molar-refractivity contribution in [2.24, 2.45) is 5.11 Å². The zero-order valence-corrected chi connectivity index (χ0v) is 10.9. The molecule has 2 aliphatic rings. The van der Waals surface area contributed by atoms with Crippen molar-refractivity contribution in [1.82, 2.24) is 19.5 Å². The van der Waals surface area contributed by atoms with E-state index in [2.05, 4.69) is 25.0 Å². The number of rotatable bonds is 2. The molecule has 21 heavy (non-hydrogen) atoms. The number of nitrogens with zero attached hydrogens (tertiary/aromatic N) is 7. The van der Waals surface area contributed by atoms with E-state index in [0.29, 0.717) is 30.2 Å². The van der Waals surface area contributed by atoms with Crippen LogP contribution in [0.2, 0.25) is 0 Å². The molecule has 0 spiro atoms. The maximum atomic E-state index is 8.57. The lowest BCUT2D eigenvalue weighted by Gasteiger charge is -2.17. The minimum Gasteiger partial charge on any atom is -0.382 e. The van der Waals surface area contributed by atoms with E-state index in [0.717, 1.165) is 0 Å². The van der Waals surface area contributed by atoms with Crippen molar-refractivity contribution in [3.05, 3.63) is 23.1 Å². The van der Waals surface area contributed by atoms with Gasteiger partial charge in [-0.25, -0.2) is 15.0 Å². The van der Waals surface area contributed by atoms with Gasteiger partial charge in [-0.1, -0.05) is 5.11 Å². The first-order valence-electron chi connectivity index (χ1n) is 6.50. The summed E-state index contributed by atoms with van der Waals surface area (Å²) in [6.07, 6.45) is 2.65. The van der Waals surface area contributed by atoms with Gasteiger partial charge in [-0.05, 0) is 5.53 Å². The van der Waals surface area contributed by atoms with Crippen LogP contribution in [0, 0.1) is 0 Å². The molecule has 0 amide bonds. The van der Waals surface area contributed by atoms with Gasteiger partial charge in [-0.3, -0.25) is 0 Å². The lowest BCUT2D eigenvalue weighted by Crippen LogP contribution is -2.29. The van der Waals surface area contributed by atoms with Crippen LogP contribution in [0.15, 0.2) is 17.8 Å². The molecule has 2 aromatic heterocycles. The van der Waals surface area contributed by atoms with E-state index in [1.165, 1.54) is 6.33 Å². The van der Waals surface area contributed by atoms with Gasteiger partial charge in [0.15, 0.2) is 11.5 Å². The number of anilines is 1. The van der Waals surface area contributed by atoms with E-state index < -0.39 is 0 Å². The molecule has 2 aromatic rings. The summed E-state index contributed by atoms with van der Waals surface area (Å²) in [6, 6.07) is -0.368. The van der Waals surface area contributed by atoms with Gasteiger partial charge in [0.2, 0.25) is 0 Å². The smallest absolute Gasteiger partial charge is 0.165 e. The number of nitrogens with two attached hydrogens (primary N) is 1. The maximum absolute atomic E-state index is 8.57. The fourth-order valence-corrected chi connectivity index (χ4v) is 2.98. The molecule has 2 saturated heterocycles. The standard InChI is InChI=1S/C11H12N8O2/c12-10-7-11(15-3-14-10)19(4-16-7)6-2-21-8-5(17-18-13)1-20-9(6)8/h3-6,8-9H,1-2H2,(H2,12,14,15). The molecule has 4 unspecified atom stereocenters. The second-order valence-electron chi connectivity index (χ2n) is 5.02. The highest BCUT2D eigenvalue weighted by atomic mass is 16.6. The van der Waals surface area contributed by atoms with E-state index in [1.54, 1.807) is 6.33 Å². The summed E-state index contributed by atoms with van der Waals surface area (Å²) in [4.78, 5) is 15.2. The Hall–Kier alpha value is -2.42. The van der Waals surface area contributed by atoms with Crippen LogP contribution in [0.5, 0.6) is 0 Å². The average Bonchev–Trinajstić information content (AvgIpc) is 3.15. The molecule has 0 aliphatic carbocycles. The summed E-state index contributed by atoms with van der Waals surface area (Å²) in [7, 11) is 0. The van der Waals surface area contributed by atoms with Gasteiger partial charge in [0.25, 0.3) is 0 Å². The van der Waals surface area contributed by atoms with Crippen molar-refractivity contribution in [1.29, 1.82) is 0 Å². The van der Waals surface area contributed by atoms with Gasteiger partial charge in [0.05, 0.1) is 37.7 Å². The molecule has 2 fully saturated rings. The molecule has 2 aliphatic heterocycles. The van der Waals surface area contributed by atoms with E-state index in [1.807, 2.05) is 4.57 Å². The van der Waals surface area contributed by atoms with Crippen LogP contribution in [-0.4, -0.2) is 51.0 Å². The molecular weight excluding hydrogens is 276 g/mol. The van der Waals surface area contributed by atoms with E-state index in [4.69, 9.17) is 20.7 Å². The summed E-state index contributed by atoms with van der Waals surface area (Å²) < 4.78 is 13.4. The van der Waals surface area contributed by atoms with Crippen LogP contribution in [-0.2, 0) is 9.47 Å². The number of fused-ring (bicyclic) bond motifs is 2. The van der Waals surface area contributed by atoms with Crippen molar-refractivity contribution >= 4 is 17.0 Å².